The van der Waals surface area contributed by atoms with Crippen LogP contribution in [-0.2, 0) is 22.3 Å². The predicted molar refractivity (Wildman–Crippen MR) is 71.9 cm³/mol. The van der Waals surface area contributed by atoms with Gasteiger partial charge in [-0.05, 0) is 6.07 Å². The Morgan fingerprint density at radius 1 is 1.29 bits per heavy atom. The fourth-order valence-electron chi connectivity index (χ4n) is 1.21. The van der Waals surface area contributed by atoms with E-state index in [0.29, 0.717) is 27.2 Å². The van der Waals surface area contributed by atoms with E-state index in [2.05, 4.69) is 9.97 Å². The van der Waals surface area contributed by atoms with Crippen LogP contribution >= 0.6 is 34.5 Å². The van der Waals surface area contributed by atoms with Crippen LogP contribution in [0.25, 0.3) is 0 Å². The Hall–Kier alpha value is -0.490. The van der Waals surface area contributed by atoms with Gasteiger partial charge in [0.25, 0.3) is 0 Å². The Kier molecular flexibility index (Phi) is 4.50. The topological polar surface area (TPSA) is 42.9 Å². The summed E-state index contributed by atoms with van der Waals surface area (Å²) in [5.41, 5.74) is 0.603. The molecule has 0 radical (unpaired) electrons. The molecule has 2 aromatic heterocycles. The zero-order chi connectivity index (χ0) is 12.3. The highest BCUT2D eigenvalue weighted by Crippen LogP contribution is 2.20. The second-order valence-corrected chi connectivity index (χ2v) is 6.52. The van der Waals surface area contributed by atoms with Gasteiger partial charge in [0, 0.05) is 28.6 Å². The summed E-state index contributed by atoms with van der Waals surface area (Å²) in [5.74, 6) is 0.744. The molecular formula is C10H8Cl2N2OS2. The maximum atomic E-state index is 11.9. The van der Waals surface area contributed by atoms with E-state index in [0.717, 1.165) is 5.01 Å². The van der Waals surface area contributed by atoms with E-state index < -0.39 is 10.8 Å². The summed E-state index contributed by atoms with van der Waals surface area (Å²) >= 11 is 13.2. The largest absolute Gasteiger partial charge is 0.259 e. The highest BCUT2D eigenvalue weighted by molar-refractivity contribution is 7.83. The van der Waals surface area contributed by atoms with Gasteiger partial charge < -0.3 is 0 Å². The van der Waals surface area contributed by atoms with Gasteiger partial charge in [-0.25, -0.2) is 4.98 Å². The first-order valence-corrected chi connectivity index (χ1v) is 7.81. The number of nitrogens with zero attached hydrogens (tertiary/aromatic N) is 2. The van der Waals surface area contributed by atoms with Gasteiger partial charge in [-0.2, -0.15) is 0 Å². The fraction of sp³-hybridized carbons (Fsp3) is 0.200. The summed E-state index contributed by atoms with van der Waals surface area (Å²) in [6.07, 6.45) is 3.20. The van der Waals surface area contributed by atoms with E-state index in [1.165, 1.54) is 17.5 Å². The highest BCUT2D eigenvalue weighted by atomic mass is 35.5. The number of hydrogen-bond donors (Lipinski definition) is 0. The molecule has 0 aliphatic carbocycles. The molecule has 0 aliphatic heterocycles. The van der Waals surface area contributed by atoms with Crippen molar-refractivity contribution in [1.29, 1.82) is 0 Å². The van der Waals surface area contributed by atoms with Crippen LogP contribution in [0.1, 0.15) is 10.7 Å². The zero-order valence-corrected chi connectivity index (χ0v) is 11.7. The number of pyridine rings is 1. The van der Waals surface area contributed by atoms with Gasteiger partial charge in [-0.15, -0.1) is 11.3 Å². The molecule has 2 heterocycles. The molecule has 0 aromatic carbocycles. The second kappa shape index (κ2) is 5.91. The quantitative estimate of drug-likeness (QED) is 0.870. The number of thiazole rings is 1. The van der Waals surface area contributed by atoms with Crippen LogP contribution < -0.4 is 0 Å². The maximum Gasteiger partial charge on any atom is 0.105 e. The molecular weight excluding hydrogens is 299 g/mol. The van der Waals surface area contributed by atoms with E-state index >= 15 is 0 Å². The van der Waals surface area contributed by atoms with Crippen molar-refractivity contribution in [2.24, 2.45) is 0 Å². The van der Waals surface area contributed by atoms with Gasteiger partial charge in [0.05, 0.1) is 27.2 Å². The minimum atomic E-state index is -1.06. The summed E-state index contributed by atoms with van der Waals surface area (Å²) in [5, 5.41) is 3.64. The lowest BCUT2D eigenvalue weighted by atomic mass is 10.4. The van der Waals surface area contributed by atoms with Crippen molar-refractivity contribution in [3.63, 3.8) is 0 Å². The van der Waals surface area contributed by atoms with Crippen molar-refractivity contribution in [3.8, 4) is 0 Å². The van der Waals surface area contributed by atoms with Gasteiger partial charge in [-0.1, -0.05) is 23.2 Å². The van der Waals surface area contributed by atoms with Crippen LogP contribution in [0.2, 0.25) is 10.0 Å². The summed E-state index contributed by atoms with van der Waals surface area (Å²) in [7, 11) is -1.06. The van der Waals surface area contributed by atoms with E-state index in [4.69, 9.17) is 23.2 Å². The van der Waals surface area contributed by atoms with E-state index in [9.17, 15) is 4.21 Å². The molecule has 2 aromatic rings. The normalized spacial score (nSPS) is 12.6. The molecule has 2 rings (SSSR count). The van der Waals surface area contributed by atoms with Crippen LogP contribution in [-0.4, -0.2) is 14.2 Å². The lowest BCUT2D eigenvalue weighted by molar-refractivity contribution is 0.681. The van der Waals surface area contributed by atoms with Crippen LogP contribution in [0, 0.1) is 0 Å². The Morgan fingerprint density at radius 3 is 2.76 bits per heavy atom. The van der Waals surface area contributed by atoms with Crippen molar-refractivity contribution in [3.05, 3.63) is 44.6 Å². The lowest BCUT2D eigenvalue weighted by Gasteiger charge is -2.03. The van der Waals surface area contributed by atoms with Crippen LogP contribution in [0.3, 0.4) is 0 Å². The Labute approximate surface area is 115 Å². The zero-order valence-electron chi connectivity index (χ0n) is 8.60. The molecule has 0 amide bonds. The van der Waals surface area contributed by atoms with Crippen LogP contribution in [0.5, 0.6) is 0 Å². The Balaban J connectivity index is 2.03. The first-order chi connectivity index (χ1) is 8.15. The Bertz CT molecular complexity index is 531. The first kappa shape index (κ1) is 13.0. The standard InChI is InChI=1S/C10H8Cl2N2OS2/c11-7-3-8(12)9(14-4-7)5-17(15)6-10-13-1-2-16-10/h1-4H,5-6H2/t17-/m0/s1. The summed E-state index contributed by atoms with van der Waals surface area (Å²) in [6, 6.07) is 1.60. The average molecular weight is 307 g/mol. The molecule has 0 fully saturated rings. The Morgan fingerprint density at radius 2 is 2.12 bits per heavy atom. The molecule has 0 aliphatic rings. The minimum Gasteiger partial charge on any atom is -0.259 e. The van der Waals surface area contributed by atoms with Gasteiger partial charge in [0.1, 0.15) is 5.01 Å². The van der Waals surface area contributed by atoms with Gasteiger partial charge in [0.2, 0.25) is 0 Å². The molecule has 0 unspecified atom stereocenters. The third-order valence-corrected chi connectivity index (χ3v) is 4.64. The van der Waals surface area contributed by atoms with Gasteiger partial charge >= 0.3 is 0 Å². The average Bonchev–Trinajstić information content (AvgIpc) is 2.75. The number of rotatable bonds is 4. The molecule has 3 nitrogen and oxygen atoms in total. The monoisotopic (exact) mass is 306 g/mol. The van der Waals surface area contributed by atoms with E-state index in [-0.39, 0.29) is 0 Å². The maximum absolute atomic E-state index is 11.9. The van der Waals surface area contributed by atoms with Gasteiger partial charge in [0.15, 0.2) is 0 Å². The third kappa shape index (κ3) is 3.74. The van der Waals surface area contributed by atoms with Crippen molar-refractivity contribution in [2.45, 2.75) is 11.5 Å². The van der Waals surface area contributed by atoms with E-state index in [1.807, 2.05) is 5.38 Å². The van der Waals surface area contributed by atoms with Crippen LogP contribution in [0.4, 0.5) is 0 Å². The van der Waals surface area contributed by atoms with Crippen molar-refractivity contribution in [1.82, 2.24) is 9.97 Å². The first-order valence-electron chi connectivity index (χ1n) is 4.68. The van der Waals surface area contributed by atoms with Crippen molar-refractivity contribution < 1.29 is 4.21 Å². The number of halogens is 2. The summed E-state index contributed by atoms with van der Waals surface area (Å²) < 4.78 is 11.9. The molecule has 90 valence electrons. The predicted octanol–water partition coefficient (Wildman–Crippen LogP) is 3.29. The molecule has 1 atom stereocenters. The molecule has 0 saturated heterocycles. The molecule has 0 N–H and O–H groups in total. The summed E-state index contributed by atoms with van der Waals surface area (Å²) in [6.45, 7) is 0. The number of hydrogen-bond acceptors (Lipinski definition) is 4. The van der Waals surface area contributed by atoms with Crippen molar-refractivity contribution in [2.75, 3.05) is 0 Å². The number of aromatic nitrogens is 2. The smallest absolute Gasteiger partial charge is 0.105 e. The molecule has 17 heavy (non-hydrogen) atoms. The van der Waals surface area contributed by atoms with Crippen molar-refractivity contribution >= 4 is 45.3 Å². The molecule has 0 spiro atoms. The lowest BCUT2D eigenvalue weighted by Crippen LogP contribution is -2.01. The summed E-state index contributed by atoms with van der Waals surface area (Å²) in [4.78, 5) is 8.16. The third-order valence-electron chi connectivity index (χ3n) is 1.95. The molecule has 7 heteroatoms. The SMILES string of the molecule is O=[S@](Cc1nccs1)Cc1ncc(Cl)cc1Cl. The second-order valence-electron chi connectivity index (χ2n) is 3.24. The minimum absolute atomic E-state index is 0.315. The molecule has 0 saturated carbocycles. The van der Waals surface area contributed by atoms with Gasteiger partial charge in [-0.3, -0.25) is 9.19 Å². The molecule has 0 bridgehead atoms. The van der Waals surface area contributed by atoms with Crippen LogP contribution in [0.15, 0.2) is 23.8 Å². The fourth-order valence-corrected chi connectivity index (χ4v) is 3.79. The van der Waals surface area contributed by atoms with E-state index in [1.54, 1.807) is 12.3 Å². The highest BCUT2D eigenvalue weighted by Gasteiger charge is 2.09.